The van der Waals surface area contributed by atoms with Crippen LogP contribution in [0.3, 0.4) is 0 Å². The van der Waals surface area contributed by atoms with Crippen molar-refractivity contribution in [2.45, 2.75) is 52.1 Å². The molecule has 0 amide bonds. The predicted octanol–water partition coefficient (Wildman–Crippen LogP) is 2.90. The molecular weight excluding hydrogens is 207 g/mol. The molecule has 2 fully saturated rings. The third kappa shape index (κ3) is 1.69. The minimum Gasteiger partial charge on any atom is -0.381 e. The number of ether oxygens (including phenoxy) is 1. The number of rotatable bonds is 2. The Morgan fingerprint density at radius 2 is 1.62 bits per heavy atom. The summed E-state index contributed by atoms with van der Waals surface area (Å²) in [6, 6.07) is 0. The molecular formula is C13H21FO2. The molecule has 3 heteroatoms. The summed E-state index contributed by atoms with van der Waals surface area (Å²) in [5, 5.41) is 0. The summed E-state index contributed by atoms with van der Waals surface area (Å²) >= 11 is 0. The molecule has 0 N–H and O–H groups in total. The maximum atomic E-state index is 14.9. The molecule has 2 rings (SSSR count). The summed E-state index contributed by atoms with van der Waals surface area (Å²) in [4.78, 5) is 12.4. The molecule has 0 aromatic carbocycles. The van der Waals surface area contributed by atoms with Crippen LogP contribution in [0.4, 0.5) is 4.39 Å². The van der Waals surface area contributed by atoms with E-state index in [2.05, 4.69) is 0 Å². The van der Waals surface area contributed by atoms with Crippen LogP contribution in [0.1, 0.15) is 46.5 Å². The molecule has 1 saturated heterocycles. The Labute approximate surface area is 96.5 Å². The van der Waals surface area contributed by atoms with Crippen LogP contribution < -0.4 is 0 Å². The normalized spacial score (nSPS) is 27.5. The smallest absolute Gasteiger partial charge is 0.147 e. The summed E-state index contributed by atoms with van der Waals surface area (Å²) in [7, 11) is 0. The number of alkyl halides is 1. The second kappa shape index (κ2) is 3.52. The van der Waals surface area contributed by atoms with E-state index in [1.807, 2.05) is 20.8 Å². The van der Waals surface area contributed by atoms with Crippen molar-refractivity contribution < 1.29 is 13.9 Å². The van der Waals surface area contributed by atoms with Gasteiger partial charge in [-0.05, 0) is 12.8 Å². The fourth-order valence-electron chi connectivity index (χ4n) is 2.89. The minimum absolute atomic E-state index is 0.101. The van der Waals surface area contributed by atoms with E-state index in [0.717, 1.165) is 12.8 Å². The van der Waals surface area contributed by atoms with Gasteiger partial charge >= 0.3 is 0 Å². The summed E-state index contributed by atoms with van der Waals surface area (Å²) < 4.78 is 20.1. The first kappa shape index (κ1) is 12.0. The monoisotopic (exact) mass is 228 g/mol. The lowest BCUT2D eigenvalue weighted by Crippen LogP contribution is -2.48. The van der Waals surface area contributed by atoms with Crippen LogP contribution in [-0.4, -0.2) is 24.7 Å². The molecule has 0 atom stereocenters. The van der Waals surface area contributed by atoms with Crippen LogP contribution in [0.5, 0.6) is 0 Å². The van der Waals surface area contributed by atoms with Crippen LogP contribution in [-0.2, 0) is 9.53 Å². The molecule has 1 aliphatic heterocycles. The minimum atomic E-state index is -1.31. The van der Waals surface area contributed by atoms with Crippen molar-refractivity contribution in [1.29, 1.82) is 0 Å². The first-order valence-corrected chi connectivity index (χ1v) is 6.13. The third-order valence-corrected chi connectivity index (χ3v) is 4.01. The molecule has 0 unspecified atom stereocenters. The van der Waals surface area contributed by atoms with Crippen LogP contribution in [0.2, 0.25) is 0 Å². The van der Waals surface area contributed by atoms with Gasteiger partial charge in [-0.3, -0.25) is 4.79 Å². The van der Waals surface area contributed by atoms with Crippen molar-refractivity contribution >= 4 is 5.78 Å². The van der Waals surface area contributed by atoms with E-state index in [1.54, 1.807) is 0 Å². The lowest BCUT2D eigenvalue weighted by Gasteiger charge is -2.39. The first-order valence-electron chi connectivity index (χ1n) is 6.13. The van der Waals surface area contributed by atoms with Crippen LogP contribution >= 0.6 is 0 Å². The molecule has 1 heterocycles. The first-order chi connectivity index (χ1) is 7.32. The van der Waals surface area contributed by atoms with E-state index in [0.29, 0.717) is 26.1 Å². The maximum Gasteiger partial charge on any atom is 0.147 e. The average Bonchev–Trinajstić information content (AvgIpc) is 2.97. The summed E-state index contributed by atoms with van der Waals surface area (Å²) in [6.45, 7) is 6.57. The quantitative estimate of drug-likeness (QED) is 0.726. The number of hydrogen-bond acceptors (Lipinski definition) is 2. The molecule has 0 bridgehead atoms. The number of carbonyl (C=O) groups excluding carboxylic acids is 1. The van der Waals surface area contributed by atoms with Crippen LogP contribution in [0.25, 0.3) is 0 Å². The third-order valence-electron chi connectivity index (χ3n) is 4.01. The Balaban J connectivity index is 2.22. The molecule has 92 valence electrons. The van der Waals surface area contributed by atoms with Crippen molar-refractivity contribution in [3.05, 3.63) is 0 Å². The molecule has 0 spiro atoms. The van der Waals surface area contributed by atoms with Gasteiger partial charge in [0.05, 0.1) is 5.41 Å². The Bertz CT molecular complexity index is 294. The zero-order valence-electron chi connectivity index (χ0n) is 10.4. The molecule has 0 aromatic rings. The Kier molecular flexibility index (Phi) is 2.65. The SMILES string of the molecule is CC(C)(C)C(=O)C1(C2(F)CCOCC2)CC1. The lowest BCUT2D eigenvalue weighted by molar-refractivity contribution is -0.143. The topological polar surface area (TPSA) is 26.3 Å². The van der Waals surface area contributed by atoms with E-state index in [-0.39, 0.29) is 5.78 Å². The van der Waals surface area contributed by atoms with Gasteiger partial charge in [-0.1, -0.05) is 20.8 Å². The molecule has 16 heavy (non-hydrogen) atoms. The Morgan fingerprint density at radius 3 is 2.00 bits per heavy atom. The van der Waals surface area contributed by atoms with Gasteiger partial charge in [0.1, 0.15) is 11.5 Å². The zero-order chi connectivity index (χ0) is 12.0. The molecule has 0 aromatic heterocycles. The predicted molar refractivity (Wildman–Crippen MR) is 60.0 cm³/mol. The second-order valence-electron chi connectivity index (χ2n) is 6.24. The number of Topliss-reactive ketones (excluding diaryl/α,β-unsaturated/α-hetero) is 1. The van der Waals surface area contributed by atoms with Crippen molar-refractivity contribution in [3.63, 3.8) is 0 Å². The fourth-order valence-corrected chi connectivity index (χ4v) is 2.89. The van der Waals surface area contributed by atoms with Gasteiger partial charge in [-0.2, -0.15) is 0 Å². The van der Waals surface area contributed by atoms with Gasteiger partial charge in [-0.25, -0.2) is 4.39 Å². The largest absolute Gasteiger partial charge is 0.381 e. The van der Waals surface area contributed by atoms with E-state index in [4.69, 9.17) is 4.74 Å². The highest BCUT2D eigenvalue weighted by Crippen LogP contribution is 2.62. The number of ketones is 1. The Hall–Kier alpha value is -0.440. The molecule has 0 radical (unpaired) electrons. The van der Waals surface area contributed by atoms with E-state index in [9.17, 15) is 9.18 Å². The van der Waals surface area contributed by atoms with Crippen LogP contribution in [0.15, 0.2) is 0 Å². The fraction of sp³-hybridized carbons (Fsp3) is 0.923. The molecule has 1 saturated carbocycles. The van der Waals surface area contributed by atoms with Crippen molar-refractivity contribution in [3.8, 4) is 0 Å². The average molecular weight is 228 g/mol. The standard InChI is InChI=1S/C13H21FO2/c1-11(2,3)10(15)12(4-5-12)13(14)6-8-16-9-7-13/h4-9H2,1-3H3. The van der Waals surface area contributed by atoms with Crippen molar-refractivity contribution in [2.24, 2.45) is 10.8 Å². The Morgan fingerprint density at radius 1 is 1.12 bits per heavy atom. The summed E-state index contributed by atoms with van der Waals surface area (Å²) in [6.07, 6.45) is 2.21. The molecule has 2 nitrogen and oxygen atoms in total. The zero-order valence-corrected chi connectivity index (χ0v) is 10.4. The van der Waals surface area contributed by atoms with Gasteiger partial charge in [-0.15, -0.1) is 0 Å². The number of carbonyl (C=O) groups is 1. The van der Waals surface area contributed by atoms with Gasteiger partial charge in [0.2, 0.25) is 0 Å². The van der Waals surface area contributed by atoms with E-state index < -0.39 is 16.5 Å². The van der Waals surface area contributed by atoms with E-state index in [1.165, 1.54) is 0 Å². The van der Waals surface area contributed by atoms with Gasteiger partial charge in [0.15, 0.2) is 0 Å². The van der Waals surface area contributed by atoms with Gasteiger partial charge < -0.3 is 4.74 Å². The highest BCUT2D eigenvalue weighted by molar-refractivity contribution is 5.93. The van der Waals surface area contributed by atoms with Gasteiger partial charge in [0.25, 0.3) is 0 Å². The number of halogens is 1. The lowest BCUT2D eigenvalue weighted by atomic mass is 9.70. The maximum absolute atomic E-state index is 14.9. The second-order valence-corrected chi connectivity index (χ2v) is 6.24. The van der Waals surface area contributed by atoms with E-state index >= 15 is 0 Å². The van der Waals surface area contributed by atoms with Gasteiger partial charge in [0, 0.05) is 31.5 Å². The van der Waals surface area contributed by atoms with Crippen LogP contribution in [0, 0.1) is 10.8 Å². The molecule has 2 aliphatic rings. The van der Waals surface area contributed by atoms with Crippen molar-refractivity contribution in [1.82, 2.24) is 0 Å². The highest BCUT2D eigenvalue weighted by Gasteiger charge is 2.66. The molecule has 1 aliphatic carbocycles. The summed E-state index contributed by atoms with van der Waals surface area (Å²) in [5.41, 5.74) is -2.43. The van der Waals surface area contributed by atoms with Crippen molar-refractivity contribution in [2.75, 3.05) is 13.2 Å². The highest BCUT2D eigenvalue weighted by atomic mass is 19.1. The number of hydrogen-bond donors (Lipinski definition) is 0. The summed E-state index contributed by atoms with van der Waals surface area (Å²) in [5.74, 6) is 0.101.